The Kier molecular flexibility index (Phi) is 5.26. The van der Waals surface area contributed by atoms with Crippen molar-refractivity contribution in [1.29, 1.82) is 0 Å². The second-order valence-electron chi connectivity index (χ2n) is 7.59. The van der Waals surface area contributed by atoms with Crippen molar-refractivity contribution >= 4 is 5.97 Å². The van der Waals surface area contributed by atoms with Gasteiger partial charge in [-0.05, 0) is 54.6 Å². The minimum absolute atomic E-state index is 0.337. The van der Waals surface area contributed by atoms with Crippen molar-refractivity contribution in [2.75, 3.05) is 13.1 Å². The van der Waals surface area contributed by atoms with Crippen LogP contribution in [0.25, 0.3) is 11.1 Å². The van der Waals surface area contributed by atoms with Gasteiger partial charge in [-0.2, -0.15) is 5.10 Å². The molecule has 0 bridgehead atoms. The smallest absolute Gasteiger partial charge is 0.336 e. The van der Waals surface area contributed by atoms with Gasteiger partial charge in [0, 0.05) is 24.7 Å². The van der Waals surface area contributed by atoms with Gasteiger partial charge in [0.25, 0.3) is 0 Å². The molecule has 0 aliphatic carbocycles. The molecule has 1 aliphatic heterocycles. The van der Waals surface area contributed by atoms with Crippen LogP contribution in [0, 0.1) is 6.92 Å². The highest BCUT2D eigenvalue weighted by Gasteiger charge is 2.23. The van der Waals surface area contributed by atoms with Crippen LogP contribution < -0.4 is 0 Å². The molecular weight excluding hydrogens is 350 g/mol. The summed E-state index contributed by atoms with van der Waals surface area (Å²) < 4.78 is 0. The molecule has 1 aliphatic rings. The number of nitrogens with one attached hydrogen (secondary N) is 1. The standard InChI is InChI=1S/C23H25N3O2/c1-16-13-24-25-22(16)19-5-4-12-26(15-19)14-17-8-10-18(11-9-17)20-6-2-3-7-21(20)23(27)28/h2-3,6-11,13,19H,4-5,12,14-15H2,1H3,(H,24,25)(H,27,28)/t19-/m0/s1. The van der Waals surface area contributed by atoms with Crippen LogP contribution >= 0.6 is 0 Å². The number of hydrogen-bond donors (Lipinski definition) is 2. The van der Waals surface area contributed by atoms with E-state index >= 15 is 0 Å². The molecule has 1 fully saturated rings. The molecule has 1 saturated heterocycles. The number of carboxylic acid groups (broad SMARTS) is 1. The quantitative estimate of drug-likeness (QED) is 0.691. The zero-order chi connectivity index (χ0) is 19.5. The van der Waals surface area contributed by atoms with E-state index in [-0.39, 0.29) is 0 Å². The molecule has 4 rings (SSSR count). The van der Waals surface area contributed by atoms with Crippen LogP contribution in [0.1, 0.15) is 45.9 Å². The maximum atomic E-state index is 11.5. The van der Waals surface area contributed by atoms with Crippen LogP contribution in [-0.2, 0) is 6.54 Å². The average molecular weight is 375 g/mol. The second-order valence-corrected chi connectivity index (χ2v) is 7.59. The lowest BCUT2D eigenvalue weighted by Gasteiger charge is -2.32. The Bertz CT molecular complexity index is 962. The molecule has 28 heavy (non-hydrogen) atoms. The topological polar surface area (TPSA) is 69.2 Å². The van der Waals surface area contributed by atoms with Gasteiger partial charge in [-0.15, -0.1) is 0 Å². The number of aromatic carboxylic acids is 1. The van der Waals surface area contributed by atoms with Crippen molar-refractivity contribution in [1.82, 2.24) is 15.1 Å². The Morgan fingerprint density at radius 2 is 2.00 bits per heavy atom. The highest BCUT2D eigenvalue weighted by molar-refractivity contribution is 5.95. The molecule has 0 unspecified atom stereocenters. The zero-order valence-corrected chi connectivity index (χ0v) is 16.1. The molecule has 5 heteroatoms. The molecule has 0 spiro atoms. The van der Waals surface area contributed by atoms with Gasteiger partial charge < -0.3 is 5.11 Å². The molecule has 5 nitrogen and oxygen atoms in total. The summed E-state index contributed by atoms with van der Waals surface area (Å²) in [5.74, 6) is -0.383. The largest absolute Gasteiger partial charge is 0.478 e. The monoisotopic (exact) mass is 375 g/mol. The number of piperidine rings is 1. The summed E-state index contributed by atoms with van der Waals surface area (Å²) in [5.41, 5.74) is 5.79. The van der Waals surface area contributed by atoms with Crippen molar-refractivity contribution in [2.45, 2.75) is 32.2 Å². The zero-order valence-electron chi connectivity index (χ0n) is 16.1. The van der Waals surface area contributed by atoms with Gasteiger partial charge in [-0.3, -0.25) is 10.00 Å². The van der Waals surface area contributed by atoms with Gasteiger partial charge in [0.05, 0.1) is 11.8 Å². The third kappa shape index (κ3) is 3.85. The molecule has 2 aromatic carbocycles. The van der Waals surface area contributed by atoms with Crippen molar-refractivity contribution < 1.29 is 9.90 Å². The highest BCUT2D eigenvalue weighted by Crippen LogP contribution is 2.29. The van der Waals surface area contributed by atoms with Crippen molar-refractivity contribution in [3.63, 3.8) is 0 Å². The minimum atomic E-state index is -0.895. The highest BCUT2D eigenvalue weighted by atomic mass is 16.4. The first-order chi connectivity index (χ1) is 13.6. The summed E-state index contributed by atoms with van der Waals surface area (Å²) in [6.07, 6.45) is 4.29. The van der Waals surface area contributed by atoms with E-state index in [9.17, 15) is 9.90 Å². The van der Waals surface area contributed by atoms with E-state index in [2.05, 4.69) is 34.2 Å². The number of likely N-dealkylation sites (tertiary alicyclic amines) is 1. The molecule has 1 atom stereocenters. The summed E-state index contributed by atoms with van der Waals surface area (Å²) in [6, 6.07) is 15.4. The number of hydrogen-bond acceptors (Lipinski definition) is 3. The Morgan fingerprint density at radius 1 is 1.21 bits per heavy atom. The van der Waals surface area contributed by atoms with Crippen molar-refractivity contribution in [2.24, 2.45) is 0 Å². The number of carboxylic acids is 1. The lowest BCUT2D eigenvalue weighted by atomic mass is 9.92. The van der Waals surface area contributed by atoms with Crippen LogP contribution in [0.2, 0.25) is 0 Å². The number of rotatable bonds is 5. The van der Waals surface area contributed by atoms with Gasteiger partial charge >= 0.3 is 5.97 Å². The van der Waals surface area contributed by atoms with E-state index in [0.29, 0.717) is 11.5 Å². The van der Waals surface area contributed by atoms with Crippen molar-refractivity contribution in [3.8, 4) is 11.1 Å². The first-order valence-electron chi connectivity index (χ1n) is 9.75. The molecule has 2 heterocycles. The molecule has 1 aromatic heterocycles. The maximum Gasteiger partial charge on any atom is 0.336 e. The van der Waals surface area contributed by atoms with E-state index in [1.807, 2.05) is 30.5 Å². The van der Waals surface area contributed by atoms with Crippen LogP contribution in [0.5, 0.6) is 0 Å². The molecule has 0 amide bonds. The Labute approximate surface area is 165 Å². The normalized spacial score (nSPS) is 17.5. The van der Waals surface area contributed by atoms with Crippen LogP contribution in [-0.4, -0.2) is 39.3 Å². The van der Waals surface area contributed by atoms with E-state index in [1.54, 1.807) is 12.1 Å². The average Bonchev–Trinajstić information content (AvgIpc) is 3.15. The van der Waals surface area contributed by atoms with Gasteiger partial charge in [-0.25, -0.2) is 4.79 Å². The Morgan fingerprint density at radius 3 is 2.71 bits per heavy atom. The van der Waals surface area contributed by atoms with E-state index in [4.69, 9.17) is 0 Å². The number of carbonyl (C=O) groups is 1. The van der Waals surface area contributed by atoms with Gasteiger partial charge in [-0.1, -0.05) is 42.5 Å². The molecule has 144 valence electrons. The Hall–Kier alpha value is -2.92. The fourth-order valence-corrected chi connectivity index (χ4v) is 4.17. The van der Waals surface area contributed by atoms with E-state index in [1.165, 1.54) is 29.7 Å². The number of nitrogens with zero attached hydrogens (tertiary/aromatic N) is 2. The molecule has 0 radical (unpaired) electrons. The predicted molar refractivity (Wildman–Crippen MR) is 109 cm³/mol. The molecule has 0 saturated carbocycles. The second kappa shape index (κ2) is 7.98. The molecular formula is C23H25N3O2. The van der Waals surface area contributed by atoms with Crippen LogP contribution in [0.3, 0.4) is 0 Å². The van der Waals surface area contributed by atoms with Crippen LogP contribution in [0.15, 0.2) is 54.7 Å². The van der Waals surface area contributed by atoms with Gasteiger partial charge in [0.1, 0.15) is 0 Å². The molecule has 2 N–H and O–H groups in total. The maximum absolute atomic E-state index is 11.5. The molecule has 3 aromatic rings. The summed E-state index contributed by atoms with van der Waals surface area (Å²) >= 11 is 0. The van der Waals surface area contributed by atoms with E-state index < -0.39 is 5.97 Å². The summed E-state index contributed by atoms with van der Waals surface area (Å²) in [5, 5.41) is 16.8. The fourth-order valence-electron chi connectivity index (χ4n) is 4.17. The third-order valence-electron chi connectivity index (χ3n) is 5.61. The van der Waals surface area contributed by atoms with E-state index in [0.717, 1.165) is 30.8 Å². The first kappa shape index (κ1) is 18.4. The number of H-pyrrole nitrogens is 1. The first-order valence-corrected chi connectivity index (χ1v) is 9.75. The SMILES string of the molecule is Cc1cn[nH]c1[C@H]1CCCN(Cc2ccc(-c3ccccc3C(=O)O)cc2)C1. The lowest BCUT2D eigenvalue weighted by molar-refractivity contribution is 0.0697. The predicted octanol–water partition coefficient (Wildman–Crippen LogP) is 4.46. The van der Waals surface area contributed by atoms with Gasteiger partial charge in [0.15, 0.2) is 0 Å². The van der Waals surface area contributed by atoms with Gasteiger partial charge in [0.2, 0.25) is 0 Å². The summed E-state index contributed by atoms with van der Waals surface area (Å²) in [7, 11) is 0. The third-order valence-corrected chi connectivity index (χ3v) is 5.61. The van der Waals surface area contributed by atoms with Crippen molar-refractivity contribution in [3.05, 3.63) is 77.1 Å². The number of aromatic nitrogens is 2. The number of benzene rings is 2. The number of aromatic amines is 1. The summed E-state index contributed by atoms with van der Waals surface area (Å²) in [6.45, 7) is 5.16. The van der Waals surface area contributed by atoms with Crippen LogP contribution in [0.4, 0.5) is 0 Å². The minimum Gasteiger partial charge on any atom is -0.478 e. The summed E-state index contributed by atoms with van der Waals surface area (Å²) in [4.78, 5) is 14.0. The Balaban J connectivity index is 1.46. The number of aryl methyl sites for hydroxylation is 1. The fraction of sp³-hybridized carbons (Fsp3) is 0.304. The lowest BCUT2D eigenvalue weighted by Crippen LogP contribution is -2.34.